The molecule has 0 radical (unpaired) electrons. The summed E-state index contributed by atoms with van der Waals surface area (Å²) in [7, 11) is 1.69. The molecule has 1 aliphatic rings. The maximum atomic E-state index is 12.6. The summed E-state index contributed by atoms with van der Waals surface area (Å²) in [5.74, 6) is 0.880. The van der Waals surface area contributed by atoms with Gasteiger partial charge in [0.25, 0.3) is 0 Å². The number of carbonyl (C=O) groups is 1. The SMILES string of the molecule is COc1ccccc1N1CCN(C(=O)N[C@H](C)CCc2ccccc2)CC1. The van der Waals surface area contributed by atoms with E-state index in [1.54, 1.807) is 7.11 Å². The topological polar surface area (TPSA) is 44.8 Å². The van der Waals surface area contributed by atoms with E-state index in [9.17, 15) is 4.79 Å². The fourth-order valence-corrected chi connectivity index (χ4v) is 3.44. The molecule has 0 saturated carbocycles. The number of nitrogens with one attached hydrogen (secondary N) is 1. The molecule has 1 saturated heterocycles. The summed E-state index contributed by atoms with van der Waals surface area (Å²) in [6.07, 6.45) is 1.92. The monoisotopic (exact) mass is 367 g/mol. The number of hydrogen-bond acceptors (Lipinski definition) is 3. The van der Waals surface area contributed by atoms with E-state index in [-0.39, 0.29) is 12.1 Å². The number of hydrogen-bond donors (Lipinski definition) is 1. The lowest BCUT2D eigenvalue weighted by atomic mass is 10.1. The van der Waals surface area contributed by atoms with Crippen molar-refractivity contribution in [2.75, 3.05) is 38.2 Å². The number of piperazine rings is 1. The molecule has 144 valence electrons. The Labute approximate surface area is 161 Å². The molecule has 1 N–H and O–H groups in total. The third-order valence-electron chi connectivity index (χ3n) is 5.07. The van der Waals surface area contributed by atoms with Crippen molar-refractivity contribution >= 4 is 11.7 Å². The summed E-state index contributed by atoms with van der Waals surface area (Å²) in [4.78, 5) is 16.7. The van der Waals surface area contributed by atoms with Gasteiger partial charge in [0.15, 0.2) is 0 Å². The maximum absolute atomic E-state index is 12.6. The standard InChI is InChI=1S/C22H29N3O2/c1-18(12-13-19-8-4-3-5-9-19)23-22(26)25-16-14-24(15-17-25)20-10-6-7-11-21(20)27-2/h3-11,18H,12-17H2,1-2H3,(H,23,26)/t18-/m1/s1. The van der Waals surface area contributed by atoms with Crippen molar-refractivity contribution in [3.63, 3.8) is 0 Å². The highest BCUT2D eigenvalue weighted by molar-refractivity contribution is 5.75. The summed E-state index contributed by atoms with van der Waals surface area (Å²) >= 11 is 0. The van der Waals surface area contributed by atoms with E-state index in [4.69, 9.17) is 4.74 Å². The Kier molecular flexibility index (Phi) is 6.58. The van der Waals surface area contributed by atoms with Gasteiger partial charge in [0.1, 0.15) is 5.75 Å². The van der Waals surface area contributed by atoms with E-state index in [1.165, 1.54) is 5.56 Å². The van der Waals surface area contributed by atoms with Gasteiger partial charge in [-0.25, -0.2) is 4.79 Å². The summed E-state index contributed by atoms with van der Waals surface area (Å²) in [5.41, 5.74) is 2.40. The molecule has 3 rings (SSSR count). The second kappa shape index (κ2) is 9.31. The van der Waals surface area contributed by atoms with Crippen molar-refractivity contribution < 1.29 is 9.53 Å². The number of aryl methyl sites for hydroxylation is 1. The molecule has 5 nitrogen and oxygen atoms in total. The quantitative estimate of drug-likeness (QED) is 0.849. The van der Waals surface area contributed by atoms with Gasteiger partial charge < -0.3 is 19.9 Å². The smallest absolute Gasteiger partial charge is 0.317 e. The number of methoxy groups -OCH3 is 1. The molecule has 1 heterocycles. The van der Waals surface area contributed by atoms with Crippen LogP contribution in [0.15, 0.2) is 54.6 Å². The number of amides is 2. The molecule has 0 unspecified atom stereocenters. The predicted molar refractivity (Wildman–Crippen MR) is 110 cm³/mol. The highest BCUT2D eigenvalue weighted by Gasteiger charge is 2.23. The van der Waals surface area contributed by atoms with Crippen LogP contribution >= 0.6 is 0 Å². The first kappa shape index (κ1) is 19.1. The fourth-order valence-electron chi connectivity index (χ4n) is 3.44. The Morgan fingerprint density at radius 2 is 1.70 bits per heavy atom. The van der Waals surface area contributed by atoms with Crippen molar-refractivity contribution in [3.05, 3.63) is 60.2 Å². The van der Waals surface area contributed by atoms with E-state index >= 15 is 0 Å². The third kappa shape index (κ3) is 5.16. The molecule has 5 heteroatoms. The van der Waals surface area contributed by atoms with Crippen molar-refractivity contribution in [2.45, 2.75) is 25.8 Å². The molecule has 1 atom stereocenters. The number of rotatable bonds is 6. The van der Waals surface area contributed by atoms with Crippen molar-refractivity contribution in [2.24, 2.45) is 0 Å². The minimum absolute atomic E-state index is 0.0373. The van der Waals surface area contributed by atoms with E-state index in [0.29, 0.717) is 0 Å². The van der Waals surface area contributed by atoms with E-state index < -0.39 is 0 Å². The molecule has 0 spiro atoms. The van der Waals surface area contributed by atoms with Gasteiger partial charge in [0, 0.05) is 32.2 Å². The van der Waals surface area contributed by atoms with E-state index in [0.717, 1.165) is 50.5 Å². The van der Waals surface area contributed by atoms with Gasteiger partial charge in [-0.15, -0.1) is 0 Å². The summed E-state index contributed by atoms with van der Waals surface area (Å²) < 4.78 is 5.45. The molecule has 0 aromatic heterocycles. The molecule has 2 aromatic carbocycles. The molecular weight excluding hydrogens is 338 g/mol. The summed E-state index contributed by atoms with van der Waals surface area (Å²) in [5, 5.41) is 3.14. The molecule has 27 heavy (non-hydrogen) atoms. The van der Waals surface area contributed by atoms with Crippen molar-refractivity contribution in [1.82, 2.24) is 10.2 Å². The van der Waals surface area contributed by atoms with Crippen LogP contribution in [0.1, 0.15) is 18.9 Å². The fraction of sp³-hybridized carbons (Fsp3) is 0.409. The number of ether oxygens (including phenoxy) is 1. The summed E-state index contributed by atoms with van der Waals surface area (Å²) in [6, 6.07) is 18.6. The van der Waals surface area contributed by atoms with Gasteiger partial charge in [-0.2, -0.15) is 0 Å². The lowest BCUT2D eigenvalue weighted by molar-refractivity contribution is 0.190. The Morgan fingerprint density at radius 1 is 1.04 bits per heavy atom. The largest absolute Gasteiger partial charge is 0.495 e. The van der Waals surface area contributed by atoms with E-state index in [1.807, 2.05) is 29.2 Å². The van der Waals surface area contributed by atoms with Gasteiger partial charge in [-0.3, -0.25) is 0 Å². The van der Waals surface area contributed by atoms with Crippen LogP contribution in [0, 0.1) is 0 Å². The lowest BCUT2D eigenvalue weighted by Crippen LogP contribution is -2.53. The van der Waals surface area contributed by atoms with Crippen LogP contribution in [0.3, 0.4) is 0 Å². The highest BCUT2D eigenvalue weighted by atomic mass is 16.5. The number of urea groups is 1. The maximum Gasteiger partial charge on any atom is 0.317 e. The Balaban J connectivity index is 1.45. The zero-order chi connectivity index (χ0) is 19.1. The molecular formula is C22H29N3O2. The second-order valence-corrected chi connectivity index (χ2v) is 7.02. The molecule has 1 fully saturated rings. The van der Waals surface area contributed by atoms with Crippen LogP contribution in [0.5, 0.6) is 5.75 Å². The molecule has 2 amide bonds. The number of nitrogens with zero attached hydrogens (tertiary/aromatic N) is 2. The zero-order valence-electron chi connectivity index (χ0n) is 16.2. The van der Waals surface area contributed by atoms with Gasteiger partial charge in [0.05, 0.1) is 12.8 Å². The predicted octanol–water partition coefficient (Wildman–Crippen LogP) is 3.55. The Bertz CT molecular complexity index is 727. The molecule has 0 bridgehead atoms. The second-order valence-electron chi connectivity index (χ2n) is 7.02. The van der Waals surface area contributed by atoms with Crippen LogP contribution in [-0.4, -0.2) is 50.3 Å². The molecule has 2 aromatic rings. The van der Waals surface area contributed by atoms with Gasteiger partial charge in [-0.05, 0) is 37.5 Å². The highest BCUT2D eigenvalue weighted by Crippen LogP contribution is 2.28. The minimum Gasteiger partial charge on any atom is -0.495 e. The first-order valence-corrected chi connectivity index (χ1v) is 9.64. The number of para-hydroxylation sites is 2. The van der Waals surface area contributed by atoms with Crippen LogP contribution in [0.25, 0.3) is 0 Å². The van der Waals surface area contributed by atoms with Gasteiger partial charge in [-0.1, -0.05) is 42.5 Å². The van der Waals surface area contributed by atoms with Crippen LogP contribution < -0.4 is 15.0 Å². The van der Waals surface area contributed by atoms with Crippen LogP contribution in [-0.2, 0) is 6.42 Å². The number of anilines is 1. The summed E-state index contributed by atoms with van der Waals surface area (Å²) in [6.45, 7) is 5.13. The Hall–Kier alpha value is -2.69. The van der Waals surface area contributed by atoms with Crippen molar-refractivity contribution in [3.8, 4) is 5.75 Å². The number of carbonyl (C=O) groups excluding carboxylic acids is 1. The molecule has 0 aliphatic carbocycles. The lowest BCUT2D eigenvalue weighted by Gasteiger charge is -2.37. The number of benzene rings is 2. The third-order valence-corrected chi connectivity index (χ3v) is 5.07. The minimum atomic E-state index is 0.0373. The zero-order valence-corrected chi connectivity index (χ0v) is 16.2. The molecule has 1 aliphatic heterocycles. The van der Waals surface area contributed by atoms with Gasteiger partial charge >= 0.3 is 6.03 Å². The average Bonchev–Trinajstić information content (AvgIpc) is 2.73. The average molecular weight is 367 g/mol. The first-order valence-electron chi connectivity index (χ1n) is 9.64. The van der Waals surface area contributed by atoms with Crippen LogP contribution in [0.2, 0.25) is 0 Å². The van der Waals surface area contributed by atoms with E-state index in [2.05, 4.69) is 47.5 Å². The van der Waals surface area contributed by atoms with Gasteiger partial charge in [0.2, 0.25) is 0 Å². The normalized spacial score (nSPS) is 15.3. The first-order chi connectivity index (χ1) is 13.2. The van der Waals surface area contributed by atoms with Crippen molar-refractivity contribution in [1.29, 1.82) is 0 Å². The Morgan fingerprint density at radius 3 is 2.41 bits per heavy atom. The van der Waals surface area contributed by atoms with Crippen LogP contribution in [0.4, 0.5) is 10.5 Å².